The van der Waals surface area contributed by atoms with Crippen LogP contribution in [0.5, 0.6) is 0 Å². The lowest BCUT2D eigenvalue weighted by atomic mass is 10.2. The van der Waals surface area contributed by atoms with Gasteiger partial charge in [0.25, 0.3) is 0 Å². The maximum Gasteiger partial charge on any atom is 0.107 e. The minimum absolute atomic E-state index is 0.00342. The smallest absolute Gasteiger partial charge is 0.107 e. The Morgan fingerprint density at radius 1 is 1.12 bits per heavy atom. The summed E-state index contributed by atoms with van der Waals surface area (Å²) in [6.07, 6.45) is 1.91. The molecule has 0 spiro atoms. The van der Waals surface area contributed by atoms with Crippen LogP contribution in [0.2, 0.25) is 0 Å². The quantitative estimate of drug-likeness (QED) is 0.378. The molecule has 0 amide bonds. The molecule has 0 aliphatic rings. The maximum absolute atomic E-state index is 9.70. The van der Waals surface area contributed by atoms with Crippen molar-refractivity contribution in [2.24, 2.45) is 0 Å². The highest BCUT2D eigenvalue weighted by Gasteiger charge is 2.15. The highest BCUT2D eigenvalue weighted by Crippen LogP contribution is 2.02. The van der Waals surface area contributed by atoms with E-state index in [0.717, 1.165) is 0 Å². The van der Waals surface area contributed by atoms with Crippen LogP contribution >= 0.6 is 0 Å². The zero-order valence-corrected chi connectivity index (χ0v) is 10.1. The summed E-state index contributed by atoms with van der Waals surface area (Å²) < 4.78 is 15.5. The summed E-state index contributed by atoms with van der Waals surface area (Å²) >= 11 is 0. The van der Waals surface area contributed by atoms with Crippen LogP contribution in [0.3, 0.4) is 0 Å². The second-order valence-corrected chi connectivity index (χ2v) is 3.30. The summed E-state index contributed by atoms with van der Waals surface area (Å²) in [6, 6.07) is 0. The van der Waals surface area contributed by atoms with Gasteiger partial charge < -0.3 is 24.4 Å². The summed E-state index contributed by atoms with van der Waals surface area (Å²) in [5.41, 5.74) is 0. The zero-order chi connectivity index (χ0) is 12.9. The lowest BCUT2D eigenvalue weighted by Gasteiger charge is -2.19. The van der Waals surface area contributed by atoms with Crippen LogP contribution in [0.15, 0.2) is 25.3 Å². The van der Waals surface area contributed by atoms with Gasteiger partial charge in [-0.25, -0.2) is 0 Å². The number of rotatable bonds is 12. The third-order valence-electron chi connectivity index (χ3n) is 1.91. The van der Waals surface area contributed by atoms with Crippen molar-refractivity contribution < 1.29 is 24.4 Å². The Balaban J connectivity index is 3.56. The Bertz CT molecular complexity index is 195. The predicted octanol–water partition coefficient (Wildman–Crippen LogP) is 0.130. The van der Waals surface area contributed by atoms with E-state index >= 15 is 0 Å². The standard InChI is InChI=1S/C12H22O5/c1-3-6-17-12(4-2)11(14)10-16-9-8-15-7-5-13/h3-4,11-14H,1-2,5-10H2. The fourth-order valence-corrected chi connectivity index (χ4v) is 1.10. The molecule has 0 aliphatic carbocycles. The first kappa shape index (κ1) is 16.3. The van der Waals surface area contributed by atoms with Crippen molar-refractivity contribution in [3.8, 4) is 0 Å². The van der Waals surface area contributed by atoms with Crippen LogP contribution in [0.25, 0.3) is 0 Å². The van der Waals surface area contributed by atoms with E-state index in [9.17, 15) is 5.11 Å². The first-order valence-electron chi connectivity index (χ1n) is 5.55. The van der Waals surface area contributed by atoms with Crippen LogP contribution in [0.4, 0.5) is 0 Å². The Hall–Kier alpha value is -0.720. The van der Waals surface area contributed by atoms with Crippen molar-refractivity contribution in [2.75, 3.05) is 39.6 Å². The van der Waals surface area contributed by atoms with Gasteiger partial charge in [-0.2, -0.15) is 0 Å². The number of aliphatic hydroxyl groups is 2. The van der Waals surface area contributed by atoms with Crippen molar-refractivity contribution in [3.05, 3.63) is 25.3 Å². The molecule has 0 rings (SSSR count). The van der Waals surface area contributed by atoms with Crippen LogP contribution in [0, 0.1) is 0 Å². The van der Waals surface area contributed by atoms with Gasteiger partial charge >= 0.3 is 0 Å². The van der Waals surface area contributed by atoms with Crippen molar-refractivity contribution in [3.63, 3.8) is 0 Å². The number of aliphatic hydroxyl groups excluding tert-OH is 2. The highest BCUT2D eigenvalue weighted by molar-refractivity contribution is 4.87. The fourth-order valence-electron chi connectivity index (χ4n) is 1.10. The first-order valence-corrected chi connectivity index (χ1v) is 5.55. The molecule has 100 valence electrons. The Morgan fingerprint density at radius 2 is 1.82 bits per heavy atom. The summed E-state index contributed by atoms with van der Waals surface area (Å²) in [5, 5.41) is 18.2. The van der Waals surface area contributed by atoms with Crippen molar-refractivity contribution in [2.45, 2.75) is 12.2 Å². The van der Waals surface area contributed by atoms with Crippen molar-refractivity contribution in [1.82, 2.24) is 0 Å². The number of hydrogen-bond acceptors (Lipinski definition) is 5. The Kier molecular flexibility index (Phi) is 11.3. The molecule has 5 heteroatoms. The zero-order valence-electron chi connectivity index (χ0n) is 10.1. The van der Waals surface area contributed by atoms with Gasteiger partial charge in [0.15, 0.2) is 0 Å². The van der Waals surface area contributed by atoms with Crippen molar-refractivity contribution >= 4 is 0 Å². The van der Waals surface area contributed by atoms with Gasteiger partial charge in [0.05, 0.1) is 39.6 Å². The van der Waals surface area contributed by atoms with Crippen LogP contribution in [-0.4, -0.2) is 62.1 Å². The molecular weight excluding hydrogens is 224 g/mol. The van der Waals surface area contributed by atoms with E-state index in [1.54, 1.807) is 6.08 Å². The van der Waals surface area contributed by atoms with E-state index in [1.165, 1.54) is 6.08 Å². The second kappa shape index (κ2) is 11.8. The van der Waals surface area contributed by atoms with Crippen LogP contribution < -0.4 is 0 Å². The molecule has 0 heterocycles. The van der Waals surface area contributed by atoms with Gasteiger partial charge in [-0.1, -0.05) is 12.2 Å². The highest BCUT2D eigenvalue weighted by atomic mass is 16.5. The van der Waals surface area contributed by atoms with E-state index in [4.69, 9.17) is 19.3 Å². The third kappa shape index (κ3) is 9.02. The van der Waals surface area contributed by atoms with Gasteiger partial charge in [0.2, 0.25) is 0 Å². The molecule has 0 aromatic heterocycles. The molecule has 0 aromatic carbocycles. The number of hydrogen-bond donors (Lipinski definition) is 2. The van der Waals surface area contributed by atoms with Crippen LogP contribution in [-0.2, 0) is 14.2 Å². The van der Waals surface area contributed by atoms with Gasteiger partial charge in [-0.05, 0) is 0 Å². The van der Waals surface area contributed by atoms with Gasteiger partial charge in [-0.15, -0.1) is 13.2 Å². The van der Waals surface area contributed by atoms with Gasteiger partial charge in [0.1, 0.15) is 12.2 Å². The number of ether oxygens (including phenoxy) is 3. The summed E-state index contributed by atoms with van der Waals surface area (Å²) in [6.45, 7) is 8.64. The average molecular weight is 246 g/mol. The molecule has 0 radical (unpaired) electrons. The fraction of sp³-hybridized carbons (Fsp3) is 0.667. The first-order chi connectivity index (χ1) is 8.26. The largest absolute Gasteiger partial charge is 0.394 e. The van der Waals surface area contributed by atoms with Crippen LogP contribution in [0.1, 0.15) is 0 Å². The summed E-state index contributed by atoms with van der Waals surface area (Å²) in [7, 11) is 0. The average Bonchev–Trinajstić information content (AvgIpc) is 2.34. The molecule has 2 unspecified atom stereocenters. The Labute approximate surface area is 102 Å². The summed E-state index contributed by atoms with van der Waals surface area (Å²) in [5.74, 6) is 0. The predicted molar refractivity (Wildman–Crippen MR) is 64.9 cm³/mol. The van der Waals surface area contributed by atoms with E-state index < -0.39 is 12.2 Å². The topological polar surface area (TPSA) is 68.2 Å². The van der Waals surface area contributed by atoms with E-state index in [1.807, 2.05) is 0 Å². The van der Waals surface area contributed by atoms with E-state index in [0.29, 0.717) is 26.4 Å². The van der Waals surface area contributed by atoms with Gasteiger partial charge in [-0.3, -0.25) is 0 Å². The van der Waals surface area contributed by atoms with E-state index in [2.05, 4.69) is 13.2 Å². The molecular formula is C12H22O5. The van der Waals surface area contributed by atoms with E-state index in [-0.39, 0.29) is 13.2 Å². The summed E-state index contributed by atoms with van der Waals surface area (Å²) in [4.78, 5) is 0. The molecule has 0 saturated heterocycles. The molecule has 0 saturated carbocycles. The molecule has 0 bridgehead atoms. The molecule has 0 aromatic rings. The van der Waals surface area contributed by atoms with Crippen molar-refractivity contribution in [1.29, 1.82) is 0 Å². The molecule has 2 N–H and O–H groups in total. The lowest BCUT2D eigenvalue weighted by molar-refractivity contribution is -0.0544. The minimum atomic E-state index is -0.759. The SMILES string of the molecule is C=CCOC(C=C)C(O)COCCOCCO. The third-order valence-corrected chi connectivity index (χ3v) is 1.91. The maximum atomic E-state index is 9.70. The molecule has 0 fully saturated rings. The normalized spacial score (nSPS) is 14.2. The monoisotopic (exact) mass is 246 g/mol. The minimum Gasteiger partial charge on any atom is -0.394 e. The molecule has 17 heavy (non-hydrogen) atoms. The molecule has 2 atom stereocenters. The Morgan fingerprint density at radius 3 is 2.41 bits per heavy atom. The molecule has 5 nitrogen and oxygen atoms in total. The van der Waals surface area contributed by atoms with Gasteiger partial charge in [0, 0.05) is 0 Å². The lowest BCUT2D eigenvalue weighted by Crippen LogP contribution is -2.32. The second-order valence-electron chi connectivity index (χ2n) is 3.30. The molecule has 0 aliphatic heterocycles.